The minimum absolute atomic E-state index is 0.162. The highest BCUT2D eigenvalue weighted by Crippen LogP contribution is 2.34. The number of benzene rings is 1. The van der Waals surface area contributed by atoms with Crippen molar-refractivity contribution in [2.75, 3.05) is 0 Å². The van der Waals surface area contributed by atoms with E-state index in [-0.39, 0.29) is 17.3 Å². The zero-order valence-electron chi connectivity index (χ0n) is 12.8. The van der Waals surface area contributed by atoms with Crippen LogP contribution >= 0.6 is 0 Å². The van der Waals surface area contributed by atoms with Crippen molar-refractivity contribution in [3.05, 3.63) is 47.3 Å². The average molecular weight is 319 g/mol. The number of nitrogens with zero attached hydrogens (tertiary/aromatic N) is 2. The normalized spacial score (nSPS) is 12.3. The molecule has 0 aliphatic rings. The quantitative estimate of drug-likeness (QED) is 0.656. The molecule has 3 aromatic rings. The van der Waals surface area contributed by atoms with Gasteiger partial charge in [0, 0.05) is 18.0 Å². The first-order valence-electron chi connectivity index (χ1n) is 7.12. The first-order valence-corrected chi connectivity index (χ1v) is 7.12. The molecule has 0 atom stereocenters. The lowest BCUT2D eigenvalue weighted by molar-refractivity contribution is -0.137. The summed E-state index contributed by atoms with van der Waals surface area (Å²) in [5, 5.41) is 0. The van der Waals surface area contributed by atoms with Gasteiger partial charge in [-0.15, -0.1) is 0 Å². The fourth-order valence-corrected chi connectivity index (χ4v) is 2.34. The number of hydrogen-bond donors (Lipinski definition) is 0. The summed E-state index contributed by atoms with van der Waals surface area (Å²) < 4.78 is 44.0. The Bertz CT molecular complexity index is 866. The maximum Gasteiger partial charge on any atom is 0.416 e. The van der Waals surface area contributed by atoms with E-state index in [0.29, 0.717) is 16.8 Å². The smallest absolute Gasteiger partial charge is 0.416 e. The molecule has 0 aliphatic carbocycles. The average Bonchev–Trinajstić information content (AvgIpc) is 2.88. The van der Waals surface area contributed by atoms with Gasteiger partial charge in [0.25, 0.3) is 0 Å². The van der Waals surface area contributed by atoms with Crippen molar-refractivity contribution in [3.63, 3.8) is 0 Å². The molecule has 2 aromatic heterocycles. The molecule has 23 heavy (non-hydrogen) atoms. The van der Waals surface area contributed by atoms with E-state index in [9.17, 15) is 13.2 Å². The summed E-state index contributed by atoms with van der Waals surface area (Å²) in [6.45, 7) is 5.78. The number of hydrogen-bond acceptors (Lipinski definition) is 3. The number of aryl methyl sites for hydroxylation is 1. The molecule has 3 rings (SSSR count). The minimum Gasteiger partial charge on any atom is -0.436 e. The lowest BCUT2D eigenvalue weighted by atomic mass is 9.99. The van der Waals surface area contributed by atoms with Crippen LogP contribution in [0, 0.1) is 13.0 Å². The summed E-state index contributed by atoms with van der Waals surface area (Å²) in [5.74, 6) is 0.420. The number of halogens is 3. The molecule has 1 aromatic carbocycles. The van der Waals surface area contributed by atoms with Gasteiger partial charge < -0.3 is 4.42 Å². The molecular weight excluding hydrogens is 305 g/mol. The Hall–Kier alpha value is -2.37. The third kappa shape index (κ3) is 2.93. The number of rotatable bonds is 2. The SMILES string of the molecule is Cc1[c]c(-c2nc3cc(C(F)(F)F)ccc3o2)c(C(C)C)cn1. The molecule has 0 amide bonds. The van der Waals surface area contributed by atoms with E-state index in [1.54, 1.807) is 13.1 Å². The third-order valence-electron chi connectivity index (χ3n) is 3.54. The highest BCUT2D eigenvalue weighted by Gasteiger charge is 2.31. The van der Waals surface area contributed by atoms with Crippen LogP contribution in [0.3, 0.4) is 0 Å². The van der Waals surface area contributed by atoms with E-state index in [1.165, 1.54) is 6.07 Å². The summed E-state index contributed by atoms with van der Waals surface area (Å²) in [4.78, 5) is 8.43. The van der Waals surface area contributed by atoms with Gasteiger partial charge in [-0.05, 0) is 36.6 Å². The Morgan fingerprint density at radius 3 is 2.61 bits per heavy atom. The largest absolute Gasteiger partial charge is 0.436 e. The maximum atomic E-state index is 12.8. The van der Waals surface area contributed by atoms with E-state index >= 15 is 0 Å². The van der Waals surface area contributed by atoms with E-state index in [2.05, 4.69) is 16.0 Å². The van der Waals surface area contributed by atoms with Gasteiger partial charge in [0.15, 0.2) is 5.58 Å². The Morgan fingerprint density at radius 2 is 1.96 bits per heavy atom. The van der Waals surface area contributed by atoms with Gasteiger partial charge in [0.2, 0.25) is 5.89 Å². The second-order valence-electron chi connectivity index (χ2n) is 5.65. The van der Waals surface area contributed by atoms with Gasteiger partial charge in [-0.3, -0.25) is 4.98 Å². The Labute approximate surface area is 131 Å². The fourth-order valence-electron chi connectivity index (χ4n) is 2.34. The van der Waals surface area contributed by atoms with Crippen LogP contribution in [0.2, 0.25) is 0 Å². The molecule has 0 spiro atoms. The molecule has 6 heteroatoms. The van der Waals surface area contributed by atoms with Gasteiger partial charge in [-0.2, -0.15) is 13.2 Å². The third-order valence-corrected chi connectivity index (χ3v) is 3.54. The van der Waals surface area contributed by atoms with Crippen molar-refractivity contribution in [1.82, 2.24) is 9.97 Å². The van der Waals surface area contributed by atoms with Gasteiger partial charge in [-0.1, -0.05) is 13.8 Å². The first-order chi connectivity index (χ1) is 10.8. The number of aromatic nitrogens is 2. The van der Waals surface area contributed by atoms with E-state index < -0.39 is 11.7 Å². The fraction of sp³-hybridized carbons (Fsp3) is 0.294. The van der Waals surface area contributed by atoms with E-state index in [0.717, 1.165) is 17.7 Å². The standard InChI is InChI=1S/C17H14F3N2O/c1-9(2)13-8-21-10(3)6-12(13)16-22-14-7-11(17(18,19)20)4-5-15(14)23-16/h4-5,7-9H,1-3H3. The minimum atomic E-state index is -4.41. The molecular formula is C17H14F3N2O. The van der Waals surface area contributed by atoms with Crippen LogP contribution in [0.5, 0.6) is 0 Å². The predicted octanol–water partition coefficient (Wildman–Crippen LogP) is 5.14. The lowest BCUT2D eigenvalue weighted by Crippen LogP contribution is -2.03. The maximum absolute atomic E-state index is 12.8. The van der Waals surface area contributed by atoms with Gasteiger partial charge in [0.05, 0.1) is 11.1 Å². The topological polar surface area (TPSA) is 38.9 Å². The van der Waals surface area contributed by atoms with Gasteiger partial charge >= 0.3 is 6.18 Å². The van der Waals surface area contributed by atoms with Crippen LogP contribution in [0.1, 0.15) is 36.6 Å². The molecule has 1 radical (unpaired) electrons. The summed E-state index contributed by atoms with van der Waals surface area (Å²) in [5.41, 5.74) is 1.93. The molecule has 0 saturated heterocycles. The van der Waals surface area contributed by atoms with Crippen molar-refractivity contribution >= 4 is 11.1 Å². The van der Waals surface area contributed by atoms with Crippen molar-refractivity contribution in [3.8, 4) is 11.5 Å². The number of oxazole rings is 1. The molecule has 0 unspecified atom stereocenters. The molecule has 2 heterocycles. The molecule has 0 fully saturated rings. The van der Waals surface area contributed by atoms with E-state index in [4.69, 9.17) is 4.42 Å². The zero-order valence-corrected chi connectivity index (χ0v) is 12.8. The van der Waals surface area contributed by atoms with Gasteiger partial charge in [0.1, 0.15) is 5.52 Å². The Morgan fingerprint density at radius 1 is 1.22 bits per heavy atom. The Kier molecular flexibility index (Phi) is 3.62. The molecule has 0 N–H and O–H groups in total. The predicted molar refractivity (Wildman–Crippen MR) is 79.9 cm³/mol. The highest BCUT2D eigenvalue weighted by molar-refractivity contribution is 5.77. The number of pyridine rings is 1. The van der Waals surface area contributed by atoms with Crippen LogP contribution in [0.15, 0.2) is 28.8 Å². The van der Waals surface area contributed by atoms with Crippen molar-refractivity contribution in [1.29, 1.82) is 0 Å². The van der Waals surface area contributed by atoms with Crippen LogP contribution in [-0.4, -0.2) is 9.97 Å². The number of alkyl halides is 3. The van der Waals surface area contributed by atoms with Crippen molar-refractivity contribution in [2.45, 2.75) is 32.9 Å². The lowest BCUT2D eigenvalue weighted by Gasteiger charge is -2.09. The monoisotopic (exact) mass is 319 g/mol. The highest BCUT2D eigenvalue weighted by atomic mass is 19.4. The molecule has 0 bridgehead atoms. The van der Waals surface area contributed by atoms with Crippen LogP contribution in [-0.2, 0) is 6.18 Å². The van der Waals surface area contributed by atoms with Crippen molar-refractivity contribution < 1.29 is 17.6 Å². The molecule has 3 nitrogen and oxygen atoms in total. The first kappa shape index (κ1) is 15.5. The number of fused-ring (bicyclic) bond motifs is 1. The summed E-state index contributed by atoms with van der Waals surface area (Å²) >= 11 is 0. The Balaban J connectivity index is 2.16. The van der Waals surface area contributed by atoms with Gasteiger partial charge in [-0.25, -0.2) is 4.98 Å². The molecule has 119 valence electrons. The summed E-state index contributed by atoms with van der Waals surface area (Å²) in [6, 6.07) is 6.36. The zero-order chi connectivity index (χ0) is 16.8. The van der Waals surface area contributed by atoms with Crippen LogP contribution in [0.25, 0.3) is 22.6 Å². The summed E-state index contributed by atoms with van der Waals surface area (Å²) in [7, 11) is 0. The second kappa shape index (κ2) is 5.37. The second-order valence-corrected chi connectivity index (χ2v) is 5.65. The van der Waals surface area contributed by atoms with E-state index in [1.807, 2.05) is 13.8 Å². The van der Waals surface area contributed by atoms with Crippen LogP contribution < -0.4 is 0 Å². The molecule has 0 aliphatic heterocycles. The van der Waals surface area contributed by atoms with Crippen LogP contribution in [0.4, 0.5) is 13.2 Å². The molecule has 0 saturated carbocycles. The summed E-state index contributed by atoms with van der Waals surface area (Å²) in [6.07, 6.45) is -2.68. The van der Waals surface area contributed by atoms with Crippen molar-refractivity contribution in [2.24, 2.45) is 0 Å².